The molecule has 0 aliphatic carbocycles. The van der Waals surface area contributed by atoms with Gasteiger partial charge in [-0.1, -0.05) is 11.6 Å². The summed E-state index contributed by atoms with van der Waals surface area (Å²) in [5.74, 6) is -0.535. The van der Waals surface area contributed by atoms with Gasteiger partial charge in [0.15, 0.2) is 0 Å². The molecule has 0 aromatic heterocycles. The van der Waals surface area contributed by atoms with E-state index in [0.29, 0.717) is 19.7 Å². The van der Waals surface area contributed by atoms with Gasteiger partial charge in [0.2, 0.25) is 0 Å². The zero-order chi connectivity index (χ0) is 18.2. The van der Waals surface area contributed by atoms with Crippen molar-refractivity contribution in [2.24, 2.45) is 5.34 Å². The van der Waals surface area contributed by atoms with Crippen molar-refractivity contribution in [3.63, 3.8) is 0 Å². The minimum absolute atomic E-state index is 0. The number of nitrogen functional groups attached to an aromatic ring is 1. The molecular weight excluding hydrogens is 484 g/mol. The summed E-state index contributed by atoms with van der Waals surface area (Å²) in [6.45, 7) is 3.53. The molecule has 2 aromatic rings. The molecule has 2 N–H and O–H groups in total. The van der Waals surface area contributed by atoms with E-state index in [2.05, 4.69) is 31.9 Å². The van der Waals surface area contributed by atoms with E-state index >= 15 is 0 Å². The summed E-state index contributed by atoms with van der Waals surface area (Å²) in [7, 11) is 0. The van der Waals surface area contributed by atoms with Gasteiger partial charge in [0, 0.05) is 14.6 Å². The molecule has 0 unspecified atom stereocenters. The number of halogens is 5. The fourth-order valence-corrected chi connectivity index (χ4v) is 2.57. The van der Waals surface area contributed by atoms with Crippen LogP contribution in [0.25, 0.3) is 0 Å². The van der Waals surface area contributed by atoms with Gasteiger partial charge in [0.1, 0.15) is 11.6 Å². The van der Waals surface area contributed by atoms with E-state index in [1.165, 1.54) is 24.3 Å². The van der Waals surface area contributed by atoms with Crippen LogP contribution in [0.4, 0.5) is 14.5 Å². The van der Waals surface area contributed by atoms with Crippen molar-refractivity contribution in [3.05, 3.63) is 71.1 Å². The number of rotatable bonds is 0. The van der Waals surface area contributed by atoms with Gasteiger partial charge < -0.3 is 15.8 Å². The van der Waals surface area contributed by atoms with Crippen molar-refractivity contribution in [3.8, 4) is 0 Å². The smallest absolute Gasteiger partial charge is 0.444 e. The van der Waals surface area contributed by atoms with Gasteiger partial charge in [0.25, 0.3) is 0 Å². The first-order chi connectivity index (χ1) is 10.6. The molecule has 0 saturated carbocycles. The third-order valence-electron chi connectivity index (χ3n) is 2.48. The number of hydrogen-bond donors (Lipinski definition) is 1. The molecule has 2 aromatic carbocycles. The van der Waals surface area contributed by atoms with Crippen molar-refractivity contribution in [2.75, 3.05) is 5.73 Å². The van der Waals surface area contributed by atoms with E-state index in [9.17, 15) is 8.78 Å². The first-order valence-corrected chi connectivity index (χ1v) is 7.87. The normalized spacial score (nSPS) is 8.79. The molecule has 0 heterocycles. The molecular formula is C14H12Br2ClF2N2NaO2. The monoisotopic (exact) mass is 494 g/mol. The standard InChI is InChI=1S/C7H5BrClF.C7H7BrFN.HNO2.Na/c1-4-2-5(10)3-6(8)7(4)9;1-4-2-5(9)3-6(8)7(4)10;2-1-3;/h2-3H,1H3;2-3H,10H2,1H3;(H,2,3);/q;;;+1/p-1. The number of nitrogens with zero attached hydrogens (tertiary/aromatic N) is 1. The van der Waals surface area contributed by atoms with Crippen LogP contribution in [0.3, 0.4) is 0 Å². The second kappa shape index (κ2) is 13.0. The van der Waals surface area contributed by atoms with Gasteiger partial charge >= 0.3 is 29.6 Å². The van der Waals surface area contributed by atoms with Crippen molar-refractivity contribution >= 4 is 49.1 Å². The molecule has 0 aliphatic rings. The SMILES string of the molecule is Cc1cc(F)cc(Br)c1Cl.Cc1cc(F)cc(Br)c1N.O=N[O-].[Na+]. The Morgan fingerprint density at radius 2 is 1.42 bits per heavy atom. The van der Waals surface area contributed by atoms with E-state index < -0.39 is 0 Å². The largest absolute Gasteiger partial charge is 1.00 e. The number of nitrogens with two attached hydrogens (primary N) is 1. The molecule has 24 heavy (non-hydrogen) atoms. The first-order valence-electron chi connectivity index (χ1n) is 5.91. The molecule has 2 rings (SSSR count). The summed E-state index contributed by atoms with van der Waals surface area (Å²) < 4.78 is 26.3. The van der Waals surface area contributed by atoms with Gasteiger partial charge in [-0.2, -0.15) is 0 Å². The maximum atomic E-state index is 12.5. The zero-order valence-electron chi connectivity index (χ0n) is 13.0. The van der Waals surface area contributed by atoms with Crippen LogP contribution in [0.1, 0.15) is 11.1 Å². The molecule has 0 spiro atoms. The molecule has 0 amide bonds. The fourth-order valence-electron chi connectivity index (χ4n) is 1.40. The minimum Gasteiger partial charge on any atom is -0.444 e. The zero-order valence-corrected chi connectivity index (χ0v) is 19.0. The quantitative estimate of drug-likeness (QED) is 0.200. The van der Waals surface area contributed by atoms with Crippen molar-refractivity contribution < 1.29 is 38.3 Å². The molecule has 126 valence electrons. The van der Waals surface area contributed by atoms with Crippen LogP contribution >= 0.6 is 43.5 Å². The average Bonchev–Trinajstić information content (AvgIpc) is 2.43. The van der Waals surface area contributed by atoms with Crippen LogP contribution in [-0.4, -0.2) is 0 Å². The van der Waals surface area contributed by atoms with Crippen LogP contribution in [0, 0.1) is 35.6 Å². The molecule has 0 saturated heterocycles. The average molecular weight is 497 g/mol. The van der Waals surface area contributed by atoms with E-state index in [1.54, 1.807) is 13.8 Å². The Kier molecular flexibility index (Phi) is 14.1. The third kappa shape index (κ3) is 9.29. The maximum absolute atomic E-state index is 12.5. The predicted molar refractivity (Wildman–Crippen MR) is 96.3 cm³/mol. The molecule has 4 nitrogen and oxygen atoms in total. The van der Waals surface area contributed by atoms with Crippen LogP contribution in [0.2, 0.25) is 5.02 Å². The van der Waals surface area contributed by atoms with Gasteiger partial charge in [-0.15, -0.1) is 5.34 Å². The Labute approximate surface area is 182 Å². The van der Waals surface area contributed by atoms with Gasteiger partial charge in [-0.05, 0) is 81.1 Å². The van der Waals surface area contributed by atoms with E-state index in [-0.39, 0.29) is 41.2 Å². The van der Waals surface area contributed by atoms with Crippen molar-refractivity contribution in [1.82, 2.24) is 0 Å². The molecule has 0 atom stereocenters. The predicted octanol–water partition coefficient (Wildman–Crippen LogP) is 3.28. The van der Waals surface area contributed by atoms with E-state index in [4.69, 9.17) is 27.4 Å². The molecule has 0 radical (unpaired) electrons. The van der Waals surface area contributed by atoms with Crippen LogP contribution in [0.15, 0.2) is 38.6 Å². The third-order valence-corrected chi connectivity index (χ3v) is 4.49. The van der Waals surface area contributed by atoms with Crippen LogP contribution in [0.5, 0.6) is 0 Å². The second-order valence-corrected chi connectivity index (χ2v) is 6.30. The van der Waals surface area contributed by atoms with E-state index in [0.717, 1.165) is 16.5 Å². The fraction of sp³-hybridized carbons (Fsp3) is 0.143. The minimum atomic E-state index is -0.270. The van der Waals surface area contributed by atoms with Gasteiger partial charge in [-0.3, -0.25) is 0 Å². The number of anilines is 1. The molecule has 0 fully saturated rings. The molecule has 0 bridgehead atoms. The number of hydrogen-bond acceptors (Lipinski definition) is 4. The Morgan fingerprint density at radius 3 is 1.79 bits per heavy atom. The van der Waals surface area contributed by atoms with Gasteiger partial charge in [0.05, 0.1) is 5.02 Å². The Morgan fingerprint density at radius 1 is 1.04 bits per heavy atom. The number of aryl methyl sites for hydroxylation is 2. The van der Waals surface area contributed by atoms with Crippen molar-refractivity contribution in [2.45, 2.75) is 13.8 Å². The van der Waals surface area contributed by atoms with E-state index in [1.807, 2.05) is 0 Å². The Balaban J connectivity index is 0. The topological polar surface area (TPSA) is 78.5 Å². The second-order valence-electron chi connectivity index (χ2n) is 4.21. The summed E-state index contributed by atoms with van der Waals surface area (Å²) in [6, 6.07) is 5.49. The molecule has 0 aliphatic heterocycles. The van der Waals surface area contributed by atoms with Crippen LogP contribution < -0.4 is 35.3 Å². The maximum Gasteiger partial charge on any atom is 1.00 e. The summed E-state index contributed by atoms with van der Waals surface area (Å²) in [6.07, 6.45) is 0. The molecule has 10 heteroatoms. The Hall–Kier alpha value is -0.250. The summed E-state index contributed by atoms with van der Waals surface area (Å²) in [5.41, 5.74) is 7.64. The van der Waals surface area contributed by atoms with Crippen LogP contribution in [-0.2, 0) is 0 Å². The van der Waals surface area contributed by atoms with Gasteiger partial charge in [-0.25, -0.2) is 8.78 Å². The number of benzene rings is 2. The first kappa shape index (κ1) is 26.0. The summed E-state index contributed by atoms with van der Waals surface area (Å²) in [4.78, 5) is 8.00. The summed E-state index contributed by atoms with van der Waals surface area (Å²) >= 11 is 12.0. The summed E-state index contributed by atoms with van der Waals surface area (Å²) in [5, 5.41) is 9.57. The Bertz CT molecular complexity index is 592. The van der Waals surface area contributed by atoms with Crippen molar-refractivity contribution in [1.29, 1.82) is 0 Å².